The van der Waals surface area contributed by atoms with Crippen molar-refractivity contribution in [3.05, 3.63) is 36.5 Å². The lowest BCUT2D eigenvalue weighted by Gasteiger charge is -1.83. The Morgan fingerprint density at radius 1 is 1.00 bits per heavy atom. The molecule has 0 unspecified atom stereocenters. The lowest BCUT2D eigenvalue weighted by atomic mass is 10.9. The molecule has 0 amide bonds. The van der Waals surface area contributed by atoms with E-state index in [0.717, 1.165) is 0 Å². The summed E-state index contributed by atoms with van der Waals surface area (Å²) in [5, 5.41) is 1.28. The van der Waals surface area contributed by atoms with Gasteiger partial charge in [-0.15, -0.1) is 0 Å². The van der Waals surface area contributed by atoms with Crippen LogP contribution in [0.25, 0.3) is 10.9 Å². The van der Waals surface area contributed by atoms with Crippen LogP contribution in [0.4, 0.5) is 0 Å². The molecule has 0 aliphatic heterocycles. The number of hydrogen-bond donors (Lipinski definition) is 1. The van der Waals surface area contributed by atoms with Gasteiger partial charge in [0, 0.05) is 11.7 Å². The van der Waals surface area contributed by atoms with Gasteiger partial charge in [0.25, 0.3) is 0 Å². The van der Waals surface area contributed by atoms with Gasteiger partial charge < -0.3 is 4.98 Å². The molecule has 2 rings (SSSR count). The van der Waals surface area contributed by atoms with Crippen LogP contribution in [0.1, 0.15) is 0 Å². The van der Waals surface area contributed by atoms with Crippen LogP contribution in [0.5, 0.6) is 0 Å². The molecule has 1 aromatic carbocycles. The van der Waals surface area contributed by atoms with Gasteiger partial charge in [-0.3, -0.25) is 0 Å². The van der Waals surface area contributed by atoms with Crippen LogP contribution >= 0.6 is 0 Å². The highest BCUT2D eigenvalue weighted by molar-refractivity contribution is 5.78. The molecule has 0 aliphatic carbocycles. The van der Waals surface area contributed by atoms with Crippen molar-refractivity contribution in [1.29, 1.82) is 0 Å². The molecule has 0 radical (unpaired) electrons. The number of benzene rings is 1. The Morgan fingerprint density at radius 3 is 2.78 bits per heavy atom. The zero-order valence-electron chi connectivity index (χ0n) is 4.96. The fraction of sp³-hybridized carbons (Fsp3) is 0. The first-order chi connectivity index (χ1) is 4.47. The third kappa shape index (κ3) is 0.617. The molecule has 1 nitrogen and oxygen atoms in total. The number of fused-ring (bicyclic) bond motifs is 1. The van der Waals surface area contributed by atoms with Crippen LogP contribution in [-0.4, -0.2) is 4.98 Å². The van der Waals surface area contributed by atoms with Crippen LogP contribution in [-0.2, 0) is 0 Å². The SMILES string of the molecule is c1c[13c]2[13cH][13cH][13cH][13cH][13c]2[nH]1. The molecule has 0 aliphatic rings. The first-order valence-corrected chi connectivity index (χ1v) is 2.99. The van der Waals surface area contributed by atoms with Crippen molar-refractivity contribution in [2.45, 2.75) is 0 Å². The predicted molar refractivity (Wildman–Crippen MR) is 38.3 cm³/mol. The van der Waals surface area contributed by atoms with Crippen molar-refractivity contribution in [3.63, 3.8) is 0 Å². The van der Waals surface area contributed by atoms with Crippen molar-refractivity contribution >= 4 is 10.9 Å². The first-order valence-electron chi connectivity index (χ1n) is 2.99. The number of para-hydroxylation sites is 1. The summed E-state index contributed by atoms with van der Waals surface area (Å²) < 4.78 is 0. The zero-order chi connectivity index (χ0) is 6.10. The summed E-state index contributed by atoms with van der Waals surface area (Å²) in [4.78, 5) is 3.12. The Morgan fingerprint density at radius 2 is 1.89 bits per heavy atom. The molecule has 9 heavy (non-hydrogen) atoms. The number of H-pyrrole nitrogens is 1. The smallest absolute Gasteiger partial charge is 0.0453 e. The van der Waals surface area contributed by atoms with E-state index in [1.807, 2.05) is 18.3 Å². The average Bonchev–Trinajstić information content (AvgIpc) is 2.33. The van der Waals surface area contributed by atoms with Gasteiger partial charge in [-0.25, -0.2) is 0 Å². The second kappa shape index (κ2) is 1.62. The third-order valence-electron chi connectivity index (χ3n) is 1.46. The van der Waals surface area contributed by atoms with Crippen molar-refractivity contribution in [3.8, 4) is 0 Å². The van der Waals surface area contributed by atoms with Gasteiger partial charge in [0.2, 0.25) is 0 Å². The highest BCUT2D eigenvalue weighted by atomic mass is 15.0. The van der Waals surface area contributed by atoms with E-state index in [1.54, 1.807) is 0 Å². The van der Waals surface area contributed by atoms with Crippen molar-refractivity contribution in [2.24, 2.45) is 0 Å². The Kier molecular flexibility index (Phi) is 0.833. The molecular weight excluding hydrogens is 116 g/mol. The van der Waals surface area contributed by atoms with Gasteiger partial charge in [-0.2, -0.15) is 0 Å². The van der Waals surface area contributed by atoms with E-state index in [9.17, 15) is 0 Å². The van der Waals surface area contributed by atoms with E-state index < -0.39 is 0 Å². The minimum Gasteiger partial charge on any atom is -0.361 e. The summed E-state index contributed by atoms with van der Waals surface area (Å²) >= 11 is 0. The lowest BCUT2D eigenvalue weighted by Crippen LogP contribution is -1.61. The summed E-state index contributed by atoms with van der Waals surface area (Å²) in [6.45, 7) is 0. The number of nitrogens with one attached hydrogen (secondary N) is 1. The molecule has 2 aromatic rings. The van der Waals surface area contributed by atoms with Gasteiger partial charge >= 0.3 is 0 Å². The van der Waals surface area contributed by atoms with Crippen LogP contribution in [0.3, 0.4) is 0 Å². The minimum absolute atomic E-state index is 1.21. The van der Waals surface area contributed by atoms with Crippen molar-refractivity contribution < 1.29 is 0 Å². The number of rotatable bonds is 0. The molecule has 0 spiro atoms. The van der Waals surface area contributed by atoms with Gasteiger partial charge in [0.1, 0.15) is 0 Å². The summed E-state index contributed by atoms with van der Waals surface area (Å²) in [6.07, 6.45) is 1.95. The standard InChI is InChI=1S/C8H7N/c1-2-4-8-7(3-1)5-6-9-8/h1-6,9H/i1+1,2+1,3+1,4+1,7+1,8+1. The molecule has 0 atom stereocenters. The maximum absolute atomic E-state index is 3.12. The molecule has 1 heteroatoms. The lowest BCUT2D eigenvalue weighted by molar-refractivity contribution is 1.48. The highest BCUT2D eigenvalue weighted by Gasteiger charge is 1.86. The highest BCUT2D eigenvalue weighted by Crippen LogP contribution is 2.09. The fourth-order valence-electron chi connectivity index (χ4n) is 0.995. The van der Waals surface area contributed by atoms with Crippen LogP contribution in [0.15, 0.2) is 36.5 Å². The van der Waals surface area contributed by atoms with Gasteiger partial charge in [-0.1, -0.05) is 18.2 Å². The molecule has 0 fully saturated rings. The summed E-state index contributed by atoms with van der Waals surface area (Å²) in [7, 11) is 0. The molecule has 1 N–H and O–H groups in total. The number of aromatic amines is 1. The second-order valence-electron chi connectivity index (χ2n) is 2.06. The third-order valence-corrected chi connectivity index (χ3v) is 1.46. The monoisotopic (exact) mass is 123 g/mol. The van der Waals surface area contributed by atoms with Crippen LogP contribution in [0.2, 0.25) is 0 Å². The minimum atomic E-state index is 1.21. The molecule has 44 valence electrons. The molecule has 1 aromatic heterocycles. The van der Waals surface area contributed by atoms with E-state index in [2.05, 4.69) is 23.2 Å². The van der Waals surface area contributed by atoms with E-state index in [0.29, 0.717) is 0 Å². The molecule has 0 bridgehead atoms. The van der Waals surface area contributed by atoms with E-state index >= 15 is 0 Å². The van der Waals surface area contributed by atoms with Crippen LogP contribution in [0, 0.1) is 0 Å². The first kappa shape index (κ1) is 4.62. The average molecular weight is 123 g/mol. The van der Waals surface area contributed by atoms with Crippen molar-refractivity contribution in [2.75, 3.05) is 0 Å². The zero-order valence-corrected chi connectivity index (χ0v) is 4.96. The van der Waals surface area contributed by atoms with Gasteiger partial charge in [0.15, 0.2) is 0 Å². The Hall–Kier alpha value is -1.24. The van der Waals surface area contributed by atoms with Crippen LogP contribution < -0.4 is 0 Å². The van der Waals surface area contributed by atoms with Gasteiger partial charge in [-0.05, 0) is 17.5 Å². The maximum Gasteiger partial charge on any atom is 0.0453 e. The maximum atomic E-state index is 3.12. The van der Waals surface area contributed by atoms with Gasteiger partial charge in [0.05, 0.1) is 0 Å². The second-order valence-corrected chi connectivity index (χ2v) is 2.06. The van der Waals surface area contributed by atoms with E-state index in [-0.39, 0.29) is 0 Å². The number of aromatic nitrogens is 1. The normalized spacial score (nSPS) is 10.2. The van der Waals surface area contributed by atoms with E-state index in [4.69, 9.17) is 0 Å². The topological polar surface area (TPSA) is 15.8 Å². The summed E-state index contributed by atoms with van der Waals surface area (Å²) in [5.74, 6) is 0. The van der Waals surface area contributed by atoms with Crippen molar-refractivity contribution in [1.82, 2.24) is 4.98 Å². The Balaban J connectivity index is 2.95. The largest absolute Gasteiger partial charge is 0.361 e. The quantitative estimate of drug-likeness (QED) is 0.552. The summed E-state index contributed by atoms with van der Waals surface area (Å²) in [6, 6.07) is 10.3. The Bertz CT molecular complexity index is 279. The number of hydrogen-bond acceptors (Lipinski definition) is 0. The Labute approximate surface area is 53.3 Å². The molecule has 0 saturated carbocycles. The molecule has 0 saturated heterocycles. The molecule has 1 heterocycles. The fourth-order valence-corrected chi connectivity index (χ4v) is 0.995. The predicted octanol–water partition coefficient (Wildman–Crippen LogP) is 2.17. The molecular formula is C8H7N. The van der Waals surface area contributed by atoms with E-state index in [1.165, 1.54) is 10.9 Å². The summed E-state index contributed by atoms with van der Waals surface area (Å²) in [5.41, 5.74) is 1.21.